The first-order valence-electron chi connectivity index (χ1n) is 19.2. The average molecular weight is 826 g/mol. The van der Waals surface area contributed by atoms with Gasteiger partial charge >= 0.3 is 0 Å². The van der Waals surface area contributed by atoms with Crippen molar-refractivity contribution in [3.8, 4) is 0 Å². The molecule has 0 radical (unpaired) electrons. The molecule has 5 atom stereocenters. The second-order valence-corrected chi connectivity index (χ2v) is 14.0. The fourth-order valence-electron chi connectivity index (χ4n) is 5.05. The molecule has 22 nitrogen and oxygen atoms in total. The minimum atomic E-state index is -1.15. The molecule has 0 aliphatic carbocycles. The van der Waals surface area contributed by atoms with E-state index in [-0.39, 0.29) is 43.5 Å². The molecule has 0 unspecified atom stereocenters. The standard InChI is InChI=1S/C36H63N11O11/c1-21(2)15-28(46-29(51)16-37)35(57)42-19-32(54)45-26(11-7-9-13-38-24(5)49)34(56)41-17-30(52)40-18-31(53)44-23(4)33(55)47-27(36(58)43-22(3)20-48)12-8-10-14-39-25(6)50/h20-23,26-28H,7-19,37H2,1-6H3,(H,38,49)(H,39,50)(H,40,52)(H,41,56)(H,42,57)(H,43,58)(H,44,53)(H,45,54)(H,46,51)(H,47,55)/t22-,23-,26-,27-,28-/m0/s1. The lowest BCUT2D eigenvalue weighted by atomic mass is 10.0. The summed E-state index contributed by atoms with van der Waals surface area (Å²) in [5.74, 6) is -5.94. The number of nitrogens with two attached hydrogens (primary N) is 1. The summed E-state index contributed by atoms with van der Waals surface area (Å²) >= 11 is 0. The van der Waals surface area contributed by atoms with Crippen LogP contribution in [0.5, 0.6) is 0 Å². The number of hydrogen-bond acceptors (Lipinski definition) is 12. The Balaban J connectivity index is 5.22. The highest BCUT2D eigenvalue weighted by Gasteiger charge is 2.27. The second kappa shape index (κ2) is 29.6. The van der Waals surface area contributed by atoms with Crippen LogP contribution in [0.3, 0.4) is 0 Å². The zero-order valence-electron chi connectivity index (χ0n) is 34.3. The predicted molar refractivity (Wildman–Crippen MR) is 210 cm³/mol. The first-order chi connectivity index (χ1) is 27.3. The minimum absolute atomic E-state index is 0.0270. The van der Waals surface area contributed by atoms with Gasteiger partial charge in [-0.05, 0) is 64.7 Å². The molecule has 0 fully saturated rings. The Morgan fingerprint density at radius 1 is 0.500 bits per heavy atom. The van der Waals surface area contributed by atoms with Gasteiger partial charge in [0.2, 0.25) is 59.1 Å². The van der Waals surface area contributed by atoms with E-state index in [9.17, 15) is 52.7 Å². The van der Waals surface area contributed by atoms with E-state index >= 15 is 0 Å². The Hall–Kier alpha value is -5.67. The third kappa shape index (κ3) is 25.5. The molecular weight excluding hydrogens is 762 g/mol. The van der Waals surface area contributed by atoms with Gasteiger partial charge < -0.3 is 63.7 Å². The van der Waals surface area contributed by atoms with Gasteiger partial charge in [0.25, 0.3) is 0 Å². The number of nitrogens with one attached hydrogen (secondary N) is 10. The van der Waals surface area contributed by atoms with Crippen LogP contribution in [0.15, 0.2) is 0 Å². The zero-order valence-corrected chi connectivity index (χ0v) is 34.3. The Kier molecular flexibility index (Phi) is 26.7. The molecule has 0 rings (SSSR count). The van der Waals surface area contributed by atoms with Crippen LogP contribution in [0.1, 0.15) is 86.5 Å². The van der Waals surface area contributed by atoms with Crippen molar-refractivity contribution >= 4 is 65.4 Å². The van der Waals surface area contributed by atoms with E-state index in [1.807, 2.05) is 13.8 Å². The first kappa shape index (κ1) is 52.3. The smallest absolute Gasteiger partial charge is 0.243 e. The van der Waals surface area contributed by atoms with Crippen LogP contribution >= 0.6 is 0 Å². The Morgan fingerprint density at radius 2 is 0.966 bits per heavy atom. The maximum atomic E-state index is 13.1. The number of carbonyl (C=O) groups is 11. The van der Waals surface area contributed by atoms with Gasteiger partial charge in [-0.25, -0.2) is 0 Å². The highest BCUT2D eigenvalue weighted by Crippen LogP contribution is 2.06. The monoisotopic (exact) mass is 825 g/mol. The fourth-order valence-corrected chi connectivity index (χ4v) is 5.05. The van der Waals surface area contributed by atoms with Crippen LogP contribution < -0.4 is 58.9 Å². The van der Waals surface area contributed by atoms with E-state index in [1.165, 1.54) is 27.7 Å². The van der Waals surface area contributed by atoms with Gasteiger partial charge in [-0.15, -0.1) is 0 Å². The molecule has 0 saturated carbocycles. The highest BCUT2D eigenvalue weighted by molar-refractivity contribution is 5.95. The van der Waals surface area contributed by atoms with Crippen molar-refractivity contribution in [2.24, 2.45) is 11.7 Å². The van der Waals surface area contributed by atoms with Crippen molar-refractivity contribution in [3.63, 3.8) is 0 Å². The fraction of sp³-hybridized carbons (Fsp3) is 0.694. The summed E-state index contributed by atoms with van der Waals surface area (Å²) < 4.78 is 0. The van der Waals surface area contributed by atoms with Crippen molar-refractivity contribution in [1.29, 1.82) is 0 Å². The number of aldehydes is 1. The van der Waals surface area contributed by atoms with Gasteiger partial charge in [0.1, 0.15) is 30.5 Å². The quantitative estimate of drug-likeness (QED) is 0.0252. The maximum absolute atomic E-state index is 13.1. The van der Waals surface area contributed by atoms with Crippen LogP contribution in [0, 0.1) is 5.92 Å². The normalized spacial score (nSPS) is 13.2. The molecule has 328 valence electrons. The molecule has 0 aromatic heterocycles. The molecule has 22 heteroatoms. The van der Waals surface area contributed by atoms with Gasteiger partial charge in [-0.1, -0.05) is 13.8 Å². The number of unbranched alkanes of at least 4 members (excludes halogenated alkanes) is 2. The summed E-state index contributed by atoms with van der Waals surface area (Å²) in [5, 5.41) is 24.8. The van der Waals surface area contributed by atoms with Crippen molar-refractivity contribution < 1.29 is 52.7 Å². The summed E-state index contributed by atoms with van der Waals surface area (Å²) in [6, 6.07) is -5.09. The van der Waals surface area contributed by atoms with Crippen LogP contribution in [0.4, 0.5) is 0 Å². The van der Waals surface area contributed by atoms with E-state index in [0.717, 1.165) is 0 Å². The predicted octanol–water partition coefficient (Wildman–Crippen LogP) is -4.38. The molecular formula is C36H63N11O11. The maximum Gasteiger partial charge on any atom is 0.243 e. The SMILES string of the molecule is CC(=O)NCCCC[C@H](NC(=O)CNC(=O)[C@H](CC(C)C)NC(=O)CN)C(=O)NCC(=O)NCC(=O)N[C@@H](C)C(=O)N[C@@H](CCCCNC(C)=O)C(=O)N[C@@H](C)C=O. The van der Waals surface area contributed by atoms with E-state index < -0.39 is 97.1 Å². The van der Waals surface area contributed by atoms with Crippen molar-refractivity contribution in [3.05, 3.63) is 0 Å². The molecule has 0 aromatic rings. The first-order valence-corrected chi connectivity index (χ1v) is 19.2. The van der Waals surface area contributed by atoms with Crippen LogP contribution in [0.2, 0.25) is 0 Å². The third-order valence-electron chi connectivity index (χ3n) is 8.05. The molecule has 0 aromatic carbocycles. The van der Waals surface area contributed by atoms with Gasteiger partial charge in [0, 0.05) is 26.9 Å². The van der Waals surface area contributed by atoms with Crippen LogP contribution in [-0.4, -0.2) is 135 Å². The number of rotatable bonds is 29. The van der Waals surface area contributed by atoms with Gasteiger partial charge in [-0.2, -0.15) is 0 Å². The van der Waals surface area contributed by atoms with Gasteiger partial charge in [0.05, 0.1) is 32.2 Å². The molecule has 0 aliphatic rings. The molecule has 10 amide bonds. The Morgan fingerprint density at radius 3 is 1.47 bits per heavy atom. The van der Waals surface area contributed by atoms with Crippen molar-refractivity contribution in [2.45, 2.75) is 117 Å². The molecule has 0 aliphatic heterocycles. The van der Waals surface area contributed by atoms with E-state index in [1.54, 1.807) is 0 Å². The van der Waals surface area contributed by atoms with Gasteiger partial charge in [0.15, 0.2) is 0 Å². The summed E-state index contributed by atoms with van der Waals surface area (Å²) in [6.07, 6.45) is 2.89. The van der Waals surface area contributed by atoms with Crippen molar-refractivity contribution in [1.82, 2.24) is 53.2 Å². The molecule has 12 N–H and O–H groups in total. The lowest BCUT2D eigenvalue weighted by Crippen LogP contribution is -2.55. The Labute approximate surface area is 338 Å². The third-order valence-corrected chi connectivity index (χ3v) is 8.05. The topological polar surface area (TPSA) is 334 Å². The molecule has 0 saturated heterocycles. The zero-order chi connectivity index (χ0) is 44.2. The molecule has 0 heterocycles. The second-order valence-electron chi connectivity index (χ2n) is 14.0. The summed E-state index contributed by atoms with van der Waals surface area (Å²) in [7, 11) is 0. The summed E-state index contributed by atoms with van der Waals surface area (Å²) in [4.78, 5) is 134. The molecule has 58 heavy (non-hydrogen) atoms. The van der Waals surface area contributed by atoms with Gasteiger partial charge in [-0.3, -0.25) is 47.9 Å². The van der Waals surface area contributed by atoms with E-state index in [2.05, 4.69) is 53.2 Å². The highest BCUT2D eigenvalue weighted by atomic mass is 16.2. The van der Waals surface area contributed by atoms with Crippen LogP contribution in [0.25, 0.3) is 0 Å². The average Bonchev–Trinajstić information content (AvgIpc) is 3.15. The molecule has 0 bridgehead atoms. The lowest BCUT2D eigenvalue weighted by Gasteiger charge is -2.22. The lowest BCUT2D eigenvalue weighted by molar-refractivity contribution is -0.133. The number of amides is 10. The largest absolute Gasteiger partial charge is 0.356 e. The Bertz CT molecular complexity index is 1430. The molecule has 0 spiro atoms. The summed E-state index contributed by atoms with van der Waals surface area (Å²) in [6.45, 7) is 7.88. The van der Waals surface area contributed by atoms with Crippen LogP contribution in [-0.2, 0) is 52.7 Å². The van der Waals surface area contributed by atoms with E-state index in [4.69, 9.17) is 5.73 Å². The number of hydrogen-bond donors (Lipinski definition) is 11. The van der Waals surface area contributed by atoms with E-state index in [0.29, 0.717) is 45.1 Å². The minimum Gasteiger partial charge on any atom is -0.356 e. The van der Waals surface area contributed by atoms with Crippen molar-refractivity contribution in [2.75, 3.05) is 39.3 Å². The summed E-state index contributed by atoms with van der Waals surface area (Å²) in [5.41, 5.74) is 5.34. The number of carbonyl (C=O) groups excluding carboxylic acids is 11.